The third-order valence-electron chi connectivity index (χ3n) is 3.72. The highest BCUT2D eigenvalue weighted by Crippen LogP contribution is 2.40. The molecular formula is C15H16N4O3S. The lowest BCUT2D eigenvalue weighted by atomic mass is 10.2. The maximum absolute atomic E-state index is 12.1. The van der Waals surface area contributed by atoms with Crippen LogP contribution in [0, 0.1) is 0 Å². The van der Waals surface area contributed by atoms with Crippen LogP contribution in [0.25, 0.3) is 0 Å². The molecule has 0 saturated heterocycles. The molecule has 3 rings (SSSR count). The zero-order valence-electron chi connectivity index (χ0n) is 12.7. The average molecular weight is 332 g/mol. The lowest BCUT2D eigenvalue weighted by Gasteiger charge is -2.13. The number of pyridine rings is 1. The van der Waals surface area contributed by atoms with E-state index >= 15 is 0 Å². The monoisotopic (exact) mass is 332 g/mol. The van der Waals surface area contributed by atoms with Gasteiger partial charge in [0.05, 0.1) is 17.8 Å². The molecule has 7 nitrogen and oxygen atoms in total. The van der Waals surface area contributed by atoms with Crippen LogP contribution in [-0.2, 0) is 21.4 Å². The number of nitrogens with one attached hydrogen (secondary N) is 1. The van der Waals surface area contributed by atoms with E-state index in [0.29, 0.717) is 17.1 Å². The van der Waals surface area contributed by atoms with Crippen molar-refractivity contribution in [3.05, 3.63) is 48.3 Å². The second-order valence-corrected chi connectivity index (χ2v) is 7.22. The summed E-state index contributed by atoms with van der Waals surface area (Å²) in [5.41, 5.74) is 2.48. The Balaban J connectivity index is 1.79. The van der Waals surface area contributed by atoms with Crippen LogP contribution in [0.5, 0.6) is 0 Å². The Kier molecular flexibility index (Phi) is 3.69. The first-order chi connectivity index (χ1) is 10.9. The molecule has 0 fully saturated rings. The molecule has 8 heteroatoms. The van der Waals surface area contributed by atoms with Gasteiger partial charge in [-0.1, -0.05) is 6.07 Å². The van der Waals surface area contributed by atoms with Gasteiger partial charge in [-0.25, -0.2) is 0 Å². The van der Waals surface area contributed by atoms with Gasteiger partial charge in [-0.3, -0.25) is 18.4 Å². The zero-order valence-corrected chi connectivity index (χ0v) is 13.5. The molecule has 0 radical (unpaired) electrons. The van der Waals surface area contributed by atoms with E-state index in [-0.39, 0.29) is 12.3 Å². The molecule has 1 aliphatic heterocycles. The van der Waals surface area contributed by atoms with Crippen LogP contribution < -0.4 is 13.9 Å². The average Bonchev–Trinajstić information content (AvgIpc) is 2.69. The molecule has 2 aromatic rings. The van der Waals surface area contributed by atoms with Gasteiger partial charge in [-0.05, 0) is 29.8 Å². The fourth-order valence-electron chi connectivity index (χ4n) is 2.45. The summed E-state index contributed by atoms with van der Waals surface area (Å²) in [4.78, 5) is 16.0. The third-order valence-corrected chi connectivity index (χ3v) is 5.50. The van der Waals surface area contributed by atoms with Gasteiger partial charge >= 0.3 is 10.2 Å². The maximum atomic E-state index is 12.1. The van der Waals surface area contributed by atoms with Crippen LogP contribution >= 0.6 is 0 Å². The molecule has 1 N–H and O–H groups in total. The van der Waals surface area contributed by atoms with Gasteiger partial charge in [-0.2, -0.15) is 8.42 Å². The number of carbonyl (C=O) groups excluding carboxylic acids is 1. The number of anilines is 3. The van der Waals surface area contributed by atoms with Gasteiger partial charge in [0.1, 0.15) is 0 Å². The summed E-state index contributed by atoms with van der Waals surface area (Å²) in [7, 11) is -0.528. The first kappa shape index (κ1) is 15.3. The van der Waals surface area contributed by atoms with Crippen molar-refractivity contribution in [2.24, 2.45) is 0 Å². The first-order valence-corrected chi connectivity index (χ1v) is 8.35. The number of fused-ring (bicyclic) bond motifs is 1. The summed E-state index contributed by atoms with van der Waals surface area (Å²) in [6.45, 7) is 0. The number of benzene rings is 1. The molecule has 0 saturated carbocycles. The van der Waals surface area contributed by atoms with Crippen LogP contribution in [0.4, 0.5) is 17.1 Å². The summed E-state index contributed by atoms with van der Waals surface area (Å²) < 4.78 is 26.6. The van der Waals surface area contributed by atoms with Crippen molar-refractivity contribution in [1.29, 1.82) is 0 Å². The van der Waals surface area contributed by atoms with Crippen LogP contribution in [0.15, 0.2) is 42.7 Å². The molecule has 1 aromatic heterocycles. The topological polar surface area (TPSA) is 82.6 Å². The molecule has 0 spiro atoms. The normalized spacial score (nSPS) is 15.4. The number of rotatable bonds is 3. The summed E-state index contributed by atoms with van der Waals surface area (Å²) in [5.74, 6) is -0.185. The van der Waals surface area contributed by atoms with E-state index in [1.807, 2.05) is 6.07 Å². The molecule has 1 aromatic carbocycles. The second-order valence-electron chi connectivity index (χ2n) is 5.23. The Hall–Kier alpha value is -2.61. The number of carbonyl (C=O) groups is 1. The summed E-state index contributed by atoms with van der Waals surface area (Å²) in [6, 6.07) is 8.61. The highest BCUT2D eigenvalue weighted by molar-refractivity contribution is 7.94. The quantitative estimate of drug-likeness (QED) is 0.921. The van der Waals surface area contributed by atoms with Gasteiger partial charge in [0.15, 0.2) is 0 Å². The Morgan fingerprint density at radius 1 is 1.17 bits per heavy atom. The minimum atomic E-state index is -3.51. The molecular weight excluding hydrogens is 316 g/mol. The van der Waals surface area contributed by atoms with Gasteiger partial charge in [0, 0.05) is 32.2 Å². The van der Waals surface area contributed by atoms with Crippen molar-refractivity contribution in [2.45, 2.75) is 6.42 Å². The molecule has 1 amide bonds. The zero-order chi connectivity index (χ0) is 16.6. The highest BCUT2D eigenvalue weighted by atomic mass is 32.2. The van der Waals surface area contributed by atoms with Crippen LogP contribution in [-0.4, -0.2) is 33.4 Å². The maximum Gasteiger partial charge on any atom is 0.326 e. The molecule has 0 atom stereocenters. The van der Waals surface area contributed by atoms with Crippen LogP contribution in [0.1, 0.15) is 5.56 Å². The third kappa shape index (κ3) is 2.72. The lowest BCUT2D eigenvalue weighted by molar-refractivity contribution is -0.115. The van der Waals surface area contributed by atoms with E-state index in [2.05, 4.69) is 10.3 Å². The molecule has 2 heterocycles. The largest absolute Gasteiger partial charge is 0.326 e. The van der Waals surface area contributed by atoms with E-state index in [4.69, 9.17) is 0 Å². The van der Waals surface area contributed by atoms with Crippen molar-refractivity contribution >= 4 is 33.2 Å². The van der Waals surface area contributed by atoms with E-state index in [1.165, 1.54) is 22.7 Å². The van der Waals surface area contributed by atoms with Crippen molar-refractivity contribution in [2.75, 3.05) is 28.0 Å². The fourth-order valence-corrected chi connectivity index (χ4v) is 3.61. The number of aromatic nitrogens is 1. The van der Waals surface area contributed by atoms with Crippen molar-refractivity contribution in [3.63, 3.8) is 0 Å². The Bertz CT molecular complexity index is 852. The second kappa shape index (κ2) is 5.54. The minimum absolute atomic E-state index is 0.185. The van der Waals surface area contributed by atoms with Crippen molar-refractivity contribution < 1.29 is 13.2 Å². The number of hydrogen-bond donors (Lipinski definition) is 1. The number of nitrogens with zero attached hydrogens (tertiary/aromatic N) is 3. The Morgan fingerprint density at radius 2 is 1.91 bits per heavy atom. The van der Waals surface area contributed by atoms with Gasteiger partial charge in [0.25, 0.3) is 0 Å². The van der Waals surface area contributed by atoms with Crippen molar-refractivity contribution in [3.8, 4) is 0 Å². The summed E-state index contributed by atoms with van der Waals surface area (Å²) in [6.07, 6.45) is 3.49. The summed E-state index contributed by atoms with van der Waals surface area (Å²) >= 11 is 0. The fraction of sp³-hybridized carbons (Fsp3) is 0.200. The molecule has 23 heavy (non-hydrogen) atoms. The molecule has 0 aliphatic carbocycles. The van der Waals surface area contributed by atoms with E-state index in [0.717, 1.165) is 5.56 Å². The number of amides is 1. The number of hydrogen-bond acceptors (Lipinski definition) is 4. The first-order valence-electron chi connectivity index (χ1n) is 6.95. The molecule has 0 bridgehead atoms. The highest BCUT2D eigenvalue weighted by Gasteiger charge is 2.35. The summed E-state index contributed by atoms with van der Waals surface area (Å²) in [5, 5.41) is 2.78. The molecule has 0 unspecified atom stereocenters. The SMILES string of the molecule is CN1c2ccc(NC(=O)Cc3cccnc3)cc2N(C)S1(=O)=O. The lowest BCUT2D eigenvalue weighted by Crippen LogP contribution is -2.32. The van der Waals surface area contributed by atoms with Gasteiger partial charge in [0.2, 0.25) is 5.91 Å². The van der Waals surface area contributed by atoms with Gasteiger partial charge < -0.3 is 5.32 Å². The minimum Gasteiger partial charge on any atom is -0.326 e. The van der Waals surface area contributed by atoms with E-state index in [9.17, 15) is 13.2 Å². The predicted octanol–water partition coefficient (Wildman–Crippen LogP) is 1.39. The van der Waals surface area contributed by atoms with E-state index in [1.54, 1.807) is 36.7 Å². The Labute approximate surface area is 134 Å². The smallest absolute Gasteiger partial charge is 0.326 e. The Morgan fingerprint density at radius 3 is 2.61 bits per heavy atom. The van der Waals surface area contributed by atoms with Crippen molar-refractivity contribution in [1.82, 2.24) is 4.98 Å². The van der Waals surface area contributed by atoms with E-state index < -0.39 is 10.2 Å². The van der Waals surface area contributed by atoms with Crippen LogP contribution in [0.3, 0.4) is 0 Å². The standard InChI is InChI=1S/C15H16N4O3S/c1-18-13-6-5-12(9-14(13)19(2)23(18,21)22)17-15(20)8-11-4-3-7-16-10-11/h3-7,9-10H,8H2,1-2H3,(H,17,20). The molecule has 120 valence electrons. The predicted molar refractivity (Wildman–Crippen MR) is 88.7 cm³/mol. The van der Waals surface area contributed by atoms with Crippen LogP contribution in [0.2, 0.25) is 0 Å². The molecule has 1 aliphatic rings. The van der Waals surface area contributed by atoms with Gasteiger partial charge in [-0.15, -0.1) is 0 Å².